The maximum Gasteiger partial charge on any atom is 0.344 e. The van der Waals surface area contributed by atoms with Gasteiger partial charge >= 0.3 is 6.03 Å². The Morgan fingerprint density at radius 1 is 1.09 bits per heavy atom. The number of nitrogens with zero attached hydrogens (tertiary/aromatic N) is 2. The largest absolute Gasteiger partial charge is 0.497 e. The topological polar surface area (TPSA) is 91.0 Å². The van der Waals surface area contributed by atoms with Crippen LogP contribution in [0.25, 0.3) is 0 Å². The quantitative estimate of drug-likeness (QED) is 0.566. The monoisotopic (exact) mass is 478 g/mol. The molecule has 2 unspecified atom stereocenters. The summed E-state index contributed by atoms with van der Waals surface area (Å²) in [7, 11) is 1.64. The number of imide groups is 1. The highest BCUT2D eigenvalue weighted by Crippen LogP contribution is 2.31. The average Bonchev–Trinajstić information content (AvgIpc) is 3.02. The number of aryl methyl sites for hydroxylation is 1. The number of urea groups is 1. The Balaban J connectivity index is 1.39. The van der Waals surface area contributed by atoms with Crippen LogP contribution >= 0.6 is 0 Å². The third kappa shape index (κ3) is 5.82. The number of rotatable bonds is 8. The molecule has 35 heavy (non-hydrogen) atoms. The van der Waals surface area contributed by atoms with Crippen LogP contribution in [0.15, 0.2) is 54.6 Å². The van der Waals surface area contributed by atoms with Crippen LogP contribution in [0.2, 0.25) is 0 Å². The van der Waals surface area contributed by atoms with Gasteiger partial charge in [-0.25, -0.2) is 4.79 Å². The summed E-state index contributed by atoms with van der Waals surface area (Å²) in [6.45, 7) is 2.59. The van der Waals surface area contributed by atoms with Gasteiger partial charge < -0.3 is 10.1 Å². The lowest BCUT2D eigenvalue weighted by Gasteiger charge is -2.30. The van der Waals surface area contributed by atoms with Gasteiger partial charge in [-0.05, 0) is 62.4 Å². The van der Waals surface area contributed by atoms with E-state index in [1.807, 2.05) is 54.6 Å². The number of benzene rings is 2. The summed E-state index contributed by atoms with van der Waals surface area (Å²) >= 11 is 0. The van der Waals surface area contributed by atoms with E-state index in [9.17, 15) is 14.4 Å². The molecule has 2 aliphatic rings. The molecule has 2 aromatic carbocycles. The third-order valence-corrected chi connectivity index (χ3v) is 6.96. The Morgan fingerprint density at radius 2 is 1.83 bits per heavy atom. The normalized spacial score (nSPS) is 23.0. The van der Waals surface area contributed by atoms with Crippen molar-refractivity contribution in [2.75, 3.05) is 20.2 Å². The second-order valence-corrected chi connectivity index (χ2v) is 9.53. The number of hydrogen-bond acceptors (Lipinski definition) is 5. The van der Waals surface area contributed by atoms with Crippen molar-refractivity contribution < 1.29 is 19.1 Å². The van der Waals surface area contributed by atoms with Gasteiger partial charge in [-0.3, -0.25) is 19.9 Å². The molecule has 0 spiro atoms. The number of hydrazine groups is 1. The zero-order valence-electron chi connectivity index (χ0n) is 20.5. The molecule has 4 rings (SSSR count). The first-order chi connectivity index (χ1) is 16.9. The zero-order valence-corrected chi connectivity index (χ0v) is 20.5. The predicted octanol–water partition coefficient (Wildman–Crippen LogP) is 3.59. The molecule has 186 valence electrons. The molecule has 8 nitrogen and oxygen atoms in total. The van der Waals surface area contributed by atoms with E-state index in [1.165, 1.54) is 0 Å². The van der Waals surface area contributed by atoms with E-state index in [2.05, 4.69) is 15.6 Å². The highest BCUT2D eigenvalue weighted by atomic mass is 16.5. The molecule has 8 heteroatoms. The second-order valence-electron chi connectivity index (χ2n) is 9.53. The molecule has 2 atom stereocenters. The van der Waals surface area contributed by atoms with E-state index < -0.39 is 17.5 Å². The smallest absolute Gasteiger partial charge is 0.344 e. The molecular weight excluding hydrogens is 444 g/mol. The molecule has 4 amide bonds. The number of hydrogen-bond donors (Lipinski definition) is 2. The summed E-state index contributed by atoms with van der Waals surface area (Å²) in [5.41, 5.74) is 3.72. The third-order valence-electron chi connectivity index (χ3n) is 6.96. The first-order valence-electron chi connectivity index (χ1n) is 12.3. The molecule has 0 bridgehead atoms. The lowest BCUT2D eigenvalue weighted by molar-refractivity contribution is -0.139. The van der Waals surface area contributed by atoms with Crippen molar-refractivity contribution in [3.05, 3.63) is 65.7 Å². The number of likely N-dealkylation sites (tertiary alicyclic amines) is 1. The number of ether oxygens (including phenoxy) is 1. The first-order valence-corrected chi connectivity index (χ1v) is 12.3. The summed E-state index contributed by atoms with van der Waals surface area (Å²) < 4.78 is 5.27. The summed E-state index contributed by atoms with van der Waals surface area (Å²) in [5, 5.41) is 3.60. The molecular formula is C27H34N4O4. The molecule has 2 aliphatic heterocycles. The molecule has 0 saturated carbocycles. The van der Waals surface area contributed by atoms with Gasteiger partial charge in [-0.15, -0.1) is 0 Å². The minimum atomic E-state index is -1.06. The molecule has 2 heterocycles. The maximum atomic E-state index is 13.1. The number of methoxy groups -OCH3 is 1. The maximum absolute atomic E-state index is 13.1. The number of amides is 4. The number of carbonyl (C=O) groups is 3. The molecule has 0 aromatic heterocycles. The molecule has 2 saturated heterocycles. The van der Waals surface area contributed by atoms with Gasteiger partial charge in [0.1, 0.15) is 11.3 Å². The van der Waals surface area contributed by atoms with Crippen molar-refractivity contribution in [3.63, 3.8) is 0 Å². The van der Waals surface area contributed by atoms with E-state index in [0.717, 1.165) is 54.1 Å². The lowest BCUT2D eigenvalue weighted by Crippen LogP contribution is -2.51. The van der Waals surface area contributed by atoms with Gasteiger partial charge in [0, 0.05) is 6.04 Å². The minimum absolute atomic E-state index is 0.0911. The first kappa shape index (κ1) is 24.7. The summed E-state index contributed by atoms with van der Waals surface area (Å²) in [6.07, 6.45) is 5.22. The van der Waals surface area contributed by atoms with Crippen molar-refractivity contribution >= 4 is 17.8 Å². The van der Waals surface area contributed by atoms with E-state index >= 15 is 0 Å². The second kappa shape index (κ2) is 10.9. The van der Waals surface area contributed by atoms with Crippen LogP contribution in [0, 0.1) is 0 Å². The van der Waals surface area contributed by atoms with E-state index in [4.69, 9.17) is 4.74 Å². The van der Waals surface area contributed by atoms with E-state index in [1.54, 1.807) is 14.0 Å². The predicted molar refractivity (Wildman–Crippen MR) is 132 cm³/mol. The highest BCUT2D eigenvalue weighted by Gasteiger charge is 2.48. The van der Waals surface area contributed by atoms with E-state index in [0.29, 0.717) is 12.8 Å². The summed E-state index contributed by atoms with van der Waals surface area (Å²) in [4.78, 5) is 40.8. The number of carbonyl (C=O) groups excluding carboxylic acids is 3. The van der Waals surface area contributed by atoms with Crippen LogP contribution in [0.3, 0.4) is 0 Å². The van der Waals surface area contributed by atoms with Gasteiger partial charge in [-0.1, -0.05) is 55.3 Å². The van der Waals surface area contributed by atoms with Gasteiger partial charge in [0.05, 0.1) is 13.7 Å². The fourth-order valence-electron chi connectivity index (χ4n) is 4.90. The van der Waals surface area contributed by atoms with Crippen LogP contribution in [-0.2, 0) is 16.0 Å². The van der Waals surface area contributed by atoms with Gasteiger partial charge in [0.2, 0.25) is 0 Å². The zero-order chi connectivity index (χ0) is 24.8. The Bertz CT molecular complexity index is 1040. The van der Waals surface area contributed by atoms with Crippen LogP contribution in [-0.4, -0.2) is 53.5 Å². The molecule has 0 radical (unpaired) electrons. The fraction of sp³-hybridized carbons (Fsp3) is 0.444. The minimum Gasteiger partial charge on any atom is -0.497 e. The van der Waals surface area contributed by atoms with Crippen molar-refractivity contribution in [3.8, 4) is 5.75 Å². The van der Waals surface area contributed by atoms with Crippen molar-refractivity contribution in [1.82, 2.24) is 20.7 Å². The van der Waals surface area contributed by atoms with Crippen molar-refractivity contribution in [2.24, 2.45) is 0 Å². The van der Waals surface area contributed by atoms with Gasteiger partial charge in [-0.2, -0.15) is 5.01 Å². The van der Waals surface area contributed by atoms with Crippen LogP contribution in [0.1, 0.15) is 56.2 Å². The van der Waals surface area contributed by atoms with Crippen LogP contribution in [0.5, 0.6) is 5.75 Å². The summed E-state index contributed by atoms with van der Waals surface area (Å²) in [6, 6.07) is 17.2. The molecule has 0 aliphatic carbocycles. The van der Waals surface area contributed by atoms with Crippen molar-refractivity contribution in [1.29, 1.82) is 0 Å². The Hall–Kier alpha value is -3.39. The summed E-state index contributed by atoms with van der Waals surface area (Å²) in [5.74, 6) is -0.0175. The molecule has 2 fully saturated rings. The molecule has 2 aromatic rings. The van der Waals surface area contributed by atoms with Crippen LogP contribution < -0.4 is 15.5 Å². The Morgan fingerprint density at radius 3 is 2.54 bits per heavy atom. The lowest BCUT2D eigenvalue weighted by atomic mass is 9.93. The van der Waals surface area contributed by atoms with E-state index in [-0.39, 0.29) is 18.5 Å². The van der Waals surface area contributed by atoms with Gasteiger partial charge in [0.15, 0.2) is 0 Å². The number of nitrogens with one attached hydrogen (secondary N) is 2. The Kier molecular flexibility index (Phi) is 7.70. The fourth-order valence-corrected chi connectivity index (χ4v) is 4.90. The standard InChI is InChI=1S/C27H34N4O4/c1-27(17-16-20-9-5-3-6-10-20)25(33)31(26(34)28-27)29-24(32)19-30-18-8-4-7-11-23(30)21-12-14-22(35-2)15-13-21/h3,5-6,9-10,12-15,23H,4,7-8,11,16-19H2,1-2H3,(H,28,34)(H,29,32). The molecule has 2 N–H and O–H groups in total. The van der Waals surface area contributed by atoms with Crippen LogP contribution in [0.4, 0.5) is 4.79 Å². The van der Waals surface area contributed by atoms with Crippen molar-refractivity contribution in [2.45, 2.75) is 57.0 Å². The average molecular weight is 479 g/mol. The Labute approximate surface area is 206 Å². The SMILES string of the molecule is COc1ccc(C2CCCCCN2CC(=O)NN2C(=O)NC(C)(CCc3ccccc3)C2=O)cc1. The van der Waals surface area contributed by atoms with Gasteiger partial charge in [0.25, 0.3) is 11.8 Å². The highest BCUT2D eigenvalue weighted by molar-refractivity contribution is 6.07.